The highest BCUT2D eigenvalue weighted by Gasteiger charge is 2.07. The number of nitro benzene ring substituents is 1. The Kier molecular flexibility index (Phi) is 4.00. The minimum absolute atomic E-state index is 0.0497. The van der Waals surface area contributed by atoms with E-state index < -0.39 is 4.92 Å². The zero-order valence-corrected chi connectivity index (χ0v) is 8.51. The topological polar surface area (TPSA) is 63.4 Å². The Balaban J connectivity index is 3.08. The summed E-state index contributed by atoms with van der Waals surface area (Å²) in [4.78, 5) is 10.1. The van der Waals surface area contributed by atoms with Crippen molar-refractivity contribution in [1.29, 1.82) is 0 Å². The second-order valence-electron chi connectivity index (χ2n) is 3.07. The van der Waals surface area contributed by atoms with Crippen LogP contribution in [0.25, 0.3) is 5.57 Å². The number of aliphatic hydroxyl groups excluding tert-OH is 1. The van der Waals surface area contributed by atoms with Crippen LogP contribution in [0, 0.1) is 10.1 Å². The van der Waals surface area contributed by atoms with Crippen LogP contribution in [0.4, 0.5) is 5.69 Å². The highest BCUT2D eigenvalue weighted by Crippen LogP contribution is 2.22. The molecule has 0 aromatic heterocycles. The SMILES string of the molecule is CCC(=CCO)c1cccc([N+](=O)[O-])c1. The first kappa shape index (κ1) is 11.4. The number of hydrogen-bond acceptors (Lipinski definition) is 3. The van der Waals surface area contributed by atoms with E-state index in [9.17, 15) is 10.1 Å². The predicted octanol–water partition coefficient (Wildman–Crippen LogP) is 2.38. The highest BCUT2D eigenvalue weighted by molar-refractivity contribution is 5.67. The highest BCUT2D eigenvalue weighted by atomic mass is 16.6. The average Bonchev–Trinajstić information content (AvgIpc) is 2.26. The van der Waals surface area contributed by atoms with Crippen LogP contribution in [0.5, 0.6) is 0 Å². The van der Waals surface area contributed by atoms with Gasteiger partial charge in [0, 0.05) is 12.1 Å². The molecule has 4 heteroatoms. The van der Waals surface area contributed by atoms with Gasteiger partial charge in [0.2, 0.25) is 0 Å². The second kappa shape index (κ2) is 5.26. The van der Waals surface area contributed by atoms with E-state index in [1.54, 1.807) is 18.2 Å². The van der Waals surface area contributed by atoms with Crippen LogP contribution in [0.3, 0.4) is 0 Å². The number of rotatable bonds is 4. The molecular formula is C11H13NO3. The third-order valence-corrected chi connectivity index (χ3v) is 2.15. The molecule has 1 aromatic rings. The van der Waals surface area contributed by atoms with E-state index in [1.807, 2.05) is 6.92 Å². The van der Waals surface area contributed by atoms with Crippen LogP contribution in [0.2, 0.25) is 0 Å². The van der Waals surface area contributed by atoms with Gasteiger partial charge in [0.15, 0.2) is 0 Å². The fourth-order valence-corrected chi connectivity index (χ4v) is 1.40. The molecule has 0 aliphatic heterocycles. The van der Waals surface area contributed by atoms with Crippen LogP contribution in [-0.2, 0) is 0 Å². The number of nitro groups is 1. The van der Waals surface area contributed by atoms with Crippen LogP contribution in [0.1, 0.15) is 18.9 Å². The van der Waals surface area contributed by atoms with E-state index in [-0.39, 0.29) is 12.3 Å². The molecule has 1 rings (SSSR count). The maximum absolute atomic E-state index is 10.6. The van der Waals surface area contributed by atoms with Crippen LogP contribution in [-0.4, -0.2) is 16.6 Å². The lowest BCUT2D eigenvalue weighted by molar-refractivity contribution is -0.384. The Hall–Kier alpha value is -1.68. The molecule has 1 aromatic carbocycles. The van der Waals surface area contributed by atoms with Gasteiger partial charge in [-0.1, -0.05) is 25.1 Å². The first-order valence-electron chi connectivity index (χ1n) is 4.73. The molecule has 0 aliphatic carbocycles. The lowest BCUT2D eigenvalue weighted by Gasteiger charge is -2.03. The van der Waals surface area contributed by atoms with Gasteiger partial charge in [-0.25, -0.2) is 0 Å². The molecule has 0 spiro atoms. The largest absolute Gasteiger partial charge is 0.392 e. The van der Waals surface area contributed by atoms with Crippen molar-refractivity contribution in [2.75, 3.05) is 6.61 Å². The molecule has 0 radical (unpaired) electrons. The molecule has 0 atom stereocenters. The number of benzene rings is 1. The Morgan fingerprint density at radius 3 is 2.87 bits per heavy atom. The number of aliphatic hydroxyl groups is 1. The van der Waals surface area contributed by atoms with E-state index in [0.29, 0.717) is 0 Å². The molecule has 0 saturated carbocycles. The van der Waals surface area contributed by atoms with Gasteiger partial charge >= 0.3 is 0 Å². The summed E-state index contributed by atoms with van der Waals surface area (Å²) in [5, 5.41) is 19.4. The number of allylic oxidation sites excluding steroid dienone is 1. The number of non-ortho nitro benzene ring substituents is 1. The summed E-state index contributed by atoms with van der Waals surface area (Å²) in [7, 11) is 0. The van der Waals surface area contributed by atoms with Crippen LogP contribution >= 0.6 is 0 Å². The van der Waals surface area contributed by atoms with Gasteiger partial charge in [-0.3, -0.25) is 10.1 Å². The van der Waals surface area contributed by atoms with Gasteiger partial charge in [0.25, 0.3) is 5.69 Å². The monoisotopic (exact) mass is 207 g/mol. The molecule has 0 amide bonds. The molecule has 0 fully saturated rings. The summed E-state index contributed by atoms with van der Waals surface area (Å²) in [6.07, 6.45) is 2.40. The summed E-state index contributed by atoms with van der Waals surface area (Å²) < 4.78 is 0. The molecular weight excluding hydrogens is 194 g/mol. The van der Waals surface area contributed by atoms with E-state index in [2.05, 4.69) is 0 Å². The van der Waals surface area contributed by atoms with Gasteiger partial charge in [0.1, 0.15) is 0 Å². The summed E-state index contributed by atoms with van der Waals surface area (Å²) in [5.74, 6) is 0. The van der Waals surface area contributed by atoms with Crippen molar-refractivity contribution >= 4 is 11.3 Å². The van der Waals surface area contributed by atoms with E-state index >= 15 is 0 Å². The van der Waals surface area contributed by atoms with Crippen molar-refractivity contribution in [2.45, 2.75) is 13.3 Å². The van der Waals surface area contributed by atoms with Gasteiger partial charge in [-0.05, 0) is 17.6 Å². The van der Waals surface area contributed by atoms with E-state index in [0.717, 1.165) is 17.6 Å². The summed E-state index contributed by atoms with van der Waals surface area (Å²) in [6, 6.07) is 6.42. The number of nitrogens with zero attached hydrogens (tertiary/aromatic N) is 1. The molecule has 1 N–H and O–H groups in total. The van der Waals surface area contributed by atoms with Crippen molar-refractivity contribution in [1.82, 2.24) is 0 Å². The maximum atomic E-state index is 10.6. The van der Waals surface area contributed by atoms with Gasteiger partial charge in [0.05, 0.1) is 11.5 Å². The molecule has 0 bridgehead atoms. The van der Waals surface area contributed by atoms with E-state index in [4.69, 9.17) is 5.11 Å². The lowest BCUT2D eigenvalue weighted by atomic mass is 10.0. The third kappa shape index (κ3) is 2.89. The summed E-state index contributed by atoms with van der Waals surface area (Å²) in [5.41, 5.74) is 1.78. The van der Waals surface area contributed by atoms with Gasteiger partial charge in [-0.15, -0.1) is 0 Å². The van der Waals surface area contributed by atoms with Crippen LogP contribution in [0.15, 0.2) is 30.3 Å². The maximum Gasteiger partial charge on any atom is 0.270 e. The van der Waals surface area contributed by atoms with Crippen molar-refractivity contribution in [3.63, 3.8) is 0 Å². The summed E-state index contributed by atoms with van der Waals surface area (Å²) >= 11 is 0. The number of hydrogen-bond donors (Lipinski definition) is 1. The molecule has 80 valence electrons. The molecule has 0 heterocycles. The Morgan fingerprint density at radius 1 is 1.60 bits per heavy atom. The Bertz CT molecular complexity index is 385. The minimum atomic E-state index is -0.421. The normalized spacial score (nSPS) is 11.5. The zero-order chi connectivity index (χ0) is 11.3. The second-order valence-corrected chi connectivity index (χ2v) is 3.07. The standard InChI is InChI=1S/C11H13NO3/c1-2-9(6-7-13)10-4-3-5-11(8-10)12(14)15/h3-6,8,13H,2,7H2,1H3. The smallest absolute Gasteiger partial charge is 0.270 e. The quantitative estimate of drug-likeness (QED) is 0.609. The molecule has 0 unspecified atom stereocenters. The molecule has 4 nitrogen and oxygen atoms in total. The Labute approximate surface area is 88.0 Å². The van der Waals surface area contributed by atoms with Gasteiger partial charge < -0.3 is 5.11 Å². The minimum Gasteiger partial charge on any atom is -0.392 e. The van der Waals surface area contributed by atoms with E-state index in [1.165, 1.54) is 12.1 Å². The first-order chi connectivity index (χ1) is 7.19. The molecule has 0 saturated heterocycles. The summed E-state index contributed by atoms with van der Waals surface area (Å²) in [6.45, 7) is 1.90. The van der Waals surface area contributed by atoms with Crippen LogP contribution < -0.4 is 0 Å². The van der Waals surface area contributed by atoms with Gasteiger partial charge in [-0.2, -0.15) is 0 Å². The average molecular weight is 207 g/mol. The molecule has 0 aliphatic rings. The third-order valence-electron chi connectivity index (χ3n) is 2.15. The zero-order valence-electron chi connectivity index (χ0n) is 8.51. The predicted molar refractivity (Wildman–Crippen MR) is 58.5 cm³/mol. The fraction of sp³-hybridized carbons (Fsp3) is 0.273. The van der Waals surface area contributed by atoms with Crippen molar-refractivity contribution < 1.29 is 10.0 Å². The van der Waals surface area contributed by atoms with Crippen molar-refractivity contribution in [2.24, 2.45) is 0 Å². The molecule has 15 heavy (non-hydrogen) atoms. The first-order valence-corrected chi connectivity index (χ1v) is 4.73. The van der Waals surface area contributed by atoms with Crippen molar-refractivity contribution in [3.05, 3.63) is 46.0 Å². The Morgan fingerprint density at radius 2 is 2.33 bits per heavy atom. The lowest BCUT2D eigenvalue weighted by Crippen LogP contribution is -1.90. The van der Waals surface area contributed by atoms with Crippen molar-refractivity contribution in [3.8, 4) is 0 Å². The fourth-order valence-electron chi connectivity index (χ4n) is 1.40.